The zero-order valence-corrected chi connectivity index (χ0v) is 16.1. The summed E-state index contributed by atoms with van der Waals surface area (Å²) >= 11 is 0. The molecular formula is C19H24FN3O2S. The molecule has 0 radical (unpaired) electrons. The Kier molecular flexibility index (Phi) is 5.20. The second kappa shape index (κ2) is 7.25. The molecule has 0 amide bonds. The summed E-state index contributed by atoms with van der Waals surface area (Å²) in [7, 11) is 1.57. The van der Waals surface area contributed by atoms with Crippen molar-refractivity contribution >= 4 is 21.4 Å². The standard InChI is InChI=1S/C19H24FN3O2S/c1-21(2)26(24,25)17-7-4-6-15(12-17)14-23-11-5-10-22(3)18-9-8-16(20)13-19(18)23/h4,6-9,12-13H,5,10-11,14H2,1-3H3. The van der Waals surface area contributed by atoms with Crippen LogP contribution in [0.5, 0.6) is 0 Å². The molecule has 0 aliphatic carbocycles. The van der Waals surface area contributed by atoms with Crippen molar-refractivity contribution in [3.8, 4) is 0 Å². The molecule has 0 aromatic heterocycles. The van der Waals surface area contributed by atoms with E-state index in [1.54, 1.807) is 30.3 Å². The third-order valence-corrected chi connectivity index (χ3v) is 6.47. The smallest absolute Gasteiger partial charge is 0.242 e. The predicted molar refractivity (Wildman–Crippen MR) is 103 cm³/mol. The average molecular weight is 377 g/mol. The van der Waals surface area contributed by atoms with Gasteiger partial charge in [0.05, 0.1) is 16.3 Å². The lowest BCUT2D eigenvalue weighted by Gasteiger charge is -2.26. The van der Waals surface area contributed by atoms with Crippen LogP contribution in [-0.4, -0.2) is 47.0 Å². The van der Waals surface area contributed by atoms with E-state index in [0.717, 1.165) is 36.4 Å². The molecule has 0 spiro atoms. The van der Waals surface area contributed by atoms with Crippen LogP contribution in [0, 0.1) is 5.82 Å². The normalized spacial score (nSPS) is 15.1. The van der Waals surface area contributed by atoms with Crippen LogP contribution in [0.2, 0.25) is 0 Å². The Morgan fingerprint density at radius 2 is 1.85 bits per heavy atom. The summed E-state index contributed by atoms with van der Waals surface area (Å²) in [6.45, 7) is 2.21. The molecule has 2 aromatic carbocycles. The SMILES string of the molecule is CN1CCCN(Cc2cccc(S(=O)(=O)N(C)C)c2)c2cc(F)ccc21. The van der Waals surface area contributed by atoms with Gasteiger partial charge in [-0.05, 0) is 42.3 Å². The van der Waals surface area contributed by atoms with Gasteiger partial charge in [-0.15, -0.1) is 0 Å². The number of benzene rings is 2. The molecule has 2 aromatic rings. The summed E-state index contributed by atoms with van der Waals surface area (Å²) < 4.78 is 39.8. The van der Waals surface area contributed by atoms with Crippen LogP contribution in [0.25, 0.3) is 0 Å². The van der Waals surface area contributed by atoms with Crippen molar-refractivity contribution in [3.05, 3.63) is 53.8 Å². The lowest BCUT2D eigenvalue weighted by Crippen LogP contribution is -2.24. The number of halogens is 1. The van der Waals surface area contributed by atoms with Gasteiger partial charge in [0.2, 0.25) is 10.0 Å². The minimum Gasteiger partial charge on any atom is -0.373 e. The molecule has 1 aliphatic rings. The Morgan fingerprint density at radius 1 is 1.08 bits per heavy atom. The third-order valence-electron chi connectivity index (χ3n) is 4.66. The number of hydrogen-bond donors (Lipinski definition) is 0. The number of anilines is 2. The molecule has 0 N–H and O–H groups in total. The van der Waals surface area contributed by atoms with Gasteiger partial charge >= 0.3 is 0 Å². The highest BCUT2D eigenvalue weighted by atomic mass is 32.2. The quantitative estimate of drug-likeness (QED) is 0.822. The lowest BCUT2D eigenvalue weighted by atomic mass is 10.1. The van der Waals surface area contributed by atoms with Gasteiger partial charge in [-0.2, -0.15) is 0 Å². The molecule has 0 saturated carbocycles. The van der Waals surface area contributed by atoms with Gasteiger partial charge in [0.25, 0.3) is 0 Å². The largest absolute Gasteiger partial charge is 0.373 e. The first-order valence-corrected chi connectivity index (χ1v) is 10.00. The van der Waals surface area contributed by atoms with E-state index in [1.165, 1.54) is 24.5 Å². The summed E-state index contributed by atoms with van der Waals surface area (Å²) in [5, 5.41) is 0. The van der Waals surface area contributed by atoms with Gasteiger partial charge in [0.1, 0.15) is 5.82 Å². The van der Waals surface area contributed by atoms with E-state index >= 15 is 0 Å². The molecule has 3 rings (SSSR count). The minimum absolute atomic E-state index is 0.270. The predicted octanol–water partition coefficient (Wildman–Crippen LogP) is 2.92. The molecule has 140 valence electrons. The van der Waals surface area contributed by atoms with Crippen LogP contribution in [0.3, 0.4) is 0 Å². The van der Waals surface area contributed by atoms with Crippen LogP contribution in [0.4, 0.5) is 15.8 Å². The molecular weight excluding hydrogens is 353 g/mol. The summed E-state index contributed by atoms with van der Waals surface area (Å²) in [5.41, 5.74) is 2.71. The third kappa shape index (κ3) is 3.68. The Hall–Kier alpha value is -2.12. The molecule has 0 fully saturated rings. The highest BCUT2D eigenvalue weighted by Crippen LogP contribution is 2.33. The van der Waals surface area contributed by atoms with Gasteiger partial charge in [-0.3, -0.25) is 0 Å². The molecule has 5 nitrogen and oxygen atoms in total. The van der Waals surface area contributed by atoms with E-state index in [-0.39, 0.29) is 10.7 Å². The lowest BCUT2D eigenvalue weighted by molar-refractivity contribution is 0.520. The molecule has 1 aliphatic heterocycles. The van der Waals surface area contributed by atoms with Crippen molar-refractivity contribution in [3.63, 3.8) is 0 Å². The molecule has 7 heteroatoms. The van der Waals surface area contributed by atoms with E-state index in [2.05, 4.69) is 9.80 Å². The van der Waals surface area contributed by atoms with E-state index in [1.807, 2.05) is 13.1 Å². The fourth-order valence-electron chi connectivity index (χ4n) is 3.21. The maximum atomic E-state index is 13.8. The van der Waals surface area contributed by atoms with Gasteiger partial charge < -0.3 is 9.80 Å². The fraction of sp³-hybridized carbons (Fsp3) is 0.368. The van der Waals surface area contributed by atoms with Gasteiger partial charge in [-0.25, -0.2) is 17.1 Å². The summed E-state index contributed by atoms with van der Waals surface area (Å²) in [6, 6.07) is 11.8. The minimum atomic E-state index is -3.48. The first-order chi connectivity index (χ1) is 12.3. The number of sulfonamides is 1. The summed E-state index contributed by atoms with van der Waals surface area (Å²) in [6.07, 6.45) is 0.947. The van der Waals surface area contributed by atoms with E-state index < -0.39 is 10.0 Å². The maximum Gasteiger partial charge on any atom is 0.242 e. The van der Waals surface area contributed by atoms with Crippen LogP contribution in [0.1, 0.15) is 12.0 Å². The van der Waals surface area contributed by atoms with Crippen molar-refractivity contribution < 1.29 is 12.8 Å². The molecule has 1 heterocycles. The molecule has 0 bridgehead atoms. The molecule has 0 saturated heterocycles. The molecule has 26 heavy (non-hydrogen) atoms. The Labute approximate surface area is 154 Å². The topological polar surface area (TPSA) is 43.9 Å². The monoisotopic (exact) mass is 377 g/mol. The van der Waals surface area contributed by atoms with Crippen LogP contribution in [-0.2, 0) is 16.6 Å². The van der Waals surface area contributed by atoms with Crippen molar-refractivity contribution in [2.45, 2.75) is 17.9 Å². The Balaban J connectivity index is 1.95. The van der Waals surface area contributed by atoms with E-state index in [4.69, 9.17) is 0 Å². The summed E-state index contributed by atoms with van der Waals surface area (Å²) in [4.78, 5) is 4.51. The highest BCUT2D eigenvalue weighted by molar-refractivity contribution is 7.89. The Morgan fingerprint density at radius 3 is 2.58 bits per heavy atom. The van der Waals surface area contributed by atoms with Crippen molar-refractivity contribution in [1.29, 1.82) is 0 Å². The number of nitrogens with zero attached hydrogens (tertiary/aromatic N) is 3. The number of rotatable bonds is 4. The van der Waals surface area contributed by atoms with Crippen LogP contribution in [0.15, 0.2) is 47.4 Å². The maximum absolute atomic E-state index is 13.8. The molecule has 0 atom stereocenters. The van der Waals surface area contributed by atoms with Crippen molar-refractivity contribution in [1.82, 2.24) is 4.31 Å². The Bertz CT molecular complexity index is 899. The van der Waals surface area contributed by atoms with Crippen molar-refractivity contribution in [2.75, 3.05) is 44.0 Å². The average Bonchev–Trinajstić information content (AvgIpc) is 2.74. The second-order valence-electron chi connectivity index (χ2n) is 6.76. The van der Waals surface area contributed by atoms with Gasteiger partial charge in [0.15, 0.2) is 0 Å². The van der Waals surface area contributed by atoms with Crippen LogP contribution < -0.4 is 9.80 Å². The fourth-order valence-corrected chi connectivity index (χ4v) is 4.18. The first-order valence-electron chi connectivity index (χ1n) is 8.56. The van der Waals surface area contributed by atoms with Crippen molar-refractivity contribution in [2.24, 2.45) is 0 Å². The van der Waals surface area contributed by atoms with E-state index in [9.17, 15) is 12.8 Å². The molecule has 0 unspecified atom stereocenters. The van der Waals surface area contributed by atoms with Gasteiger partial charge in [-0.1, -0.05) is 12.1 Å². The van der Waals surface area contributed by atoms with E-state index in [0.29, 0.717) is 6.54 Å². The van der Waals surface area contributed by atoms with Gasteiger partial charge in [0, 0.05) is 40.8 Å². The number of hydrogen-bond acceptors (Lipinski definition) is 4. The van der Waals surface area contributed by atoms with Crippen LogP contribution >= 0.6 is 0 Å². The second-order valence-corrected chi connectivity index (χ2v) is 8.92. The zero-order valence-electron chi connectivity index (χ0n) is 15.3. The zero-order chi connectivity index (χ0) is 18.9. The first kappa shape index (κ1) is 18.7. The number of fused-ring (bicyclic) bond motifs is 1. The summed E-state index contributed by atoms with van der Waals surface area (Å²) in [5.74, 6) is -0.270. The highest BCUT2D eigenvalue weighted by Gasteiger charge is 2.21.